The molecule has 1 N–H and O–H groups in total. The highest BCUT2D eigenvalue weighted by atomic mass is 19.1. The summed E-state index contributed by atoms with van der Waals surface area (Å²) in [6.07, 6.45) is 3.24. The van der Waals surface area contributed by atoms with Gasteiger partial charge in [0.15, 0.2) is 0 Å². The molecule has 1 aromatic carbocycles. The van der Waals surface area contributed by atoms with E-state index in [9.17, 15) is 14.5 Å². The minimum absolute atomic E-state index is 0.189. The van der Waals surface area contributed by atoms with Crippen LogP contribution in [0.3, 0.4) is 0 Å². The van der Waals surface area contributed by atoms with Crippen molar-refractivity contribution in [2.24, 2.45) is 11.8 Å². The van der Waals surface area contributed by atoms with Crippen LogP contribution in [-0.4, -0.2) is 11.0 Å². The first kappa shape index (κ1) is 13.8. The Morgan fingerprint density at radius 2 is 2.11 bits per heavy atom. The Hall–Kier alpha value is -1.65. The molecule has 0 aromatic heterocycles. The second-order valence-corrected chi connectivity index (χ2v) is 5.56. The van der Waals surface area contributed by atoms with Gasteiger partial charge in [-0.1, -0.05) is 13.8 Å². The summed E-state index contributed by atoms with van der Waals surface area (Å²) in [6, 6.07) is 3.91. The maximum absolute atomic E-state index is 13.1. The zero-order chi connectivity index (χ0) is 14.0. The summed E-state index contributed by atoms with van der Waals surface area (Å²) >= 11 is 0. The van der Waals surface area contributed by atoms with Gasteiger partial charge in [0.05, 0.1) is 11.0 Å². The average Bonchev–Trinajstić information content (AvgIpc) is 2.34. The fourth-order valence-electron chi connectivity index (χ4n) is 2.86. The summed E-state index contributed by atoms with van der Waals surface area (Å²) in [5.41, 5.74) is 0.226. The molecule has 0 spiro atoms. The highest BCUT2D eigenvalue weighted by Gasteiger charge is 2.27. The van der Waals surface area contributed by atoms with Crippen LogP contribution in [0.1, 0.15) is 33.1 Å². The SMILES string of the molecule is CC1CCC(Nc2ccc(F)cc2[N+](=O)[O-])C(C)C1. The van der Waals surface area contributed by atoms with Crippen LogP contribution in [-0.2, 0) is 0 Å². The standard InChI is InChI=1S/C14H19FN2O2/c1-9-3-5-12(10(2)7-9)16-13-6-4-11(15)8-14(13)17(18)19/h4,6,8-10,12,16H,3,5,7H2,1-2H3. The van der Waals surface area contributed by atoms with Crippen LogP contribution in [0.25, 0.3) is 0 Å². The van der Waals surface area contributed by atoms with Gasteiger partial charge in [0.25, 0.3) is 5.69 Å². The summed E-state index contributed by atoms with van der Waals surface area (Å²) in [6.45, 7) is 4.38. The maximum atomic E-state index is 13.1. The smallest absolute Gasteiger partial charge is 0.295 e. The van der Waals surface area contributed by atoms with Gasteiger partial charge in [0.1, 0.15) is 11.5 Å². The van der Waals surface area contributed by atoms with E-state index in [0.29, 0.717) is 17.5 Å². The van der Waals surface area contributed by atoms with Crippen LogP contribution in [0.2, 0.25) is 0 Å². The number of hydrogen-bond donors (Lipinski definition) is 1. The lowest BCUT2D eigenvalue weighted by Crippen LogP contribution is -2.33. The van der Waals surface area contributed by atoms with Gasteiger partial charge < -0.3 is 5.32 Å². The molecule has 19 heavy (non-hydrogen) atoms. The first-order valence-electron chi connectivity index (χ1n) is 6.68. The molecule has 3 unspecified atom stereocenters. The number of benzene rings is 1. The van der Waals surface area contributed by atoms with Gasteiger partial charge in [-0.3, -0.25) is 10.1 Å². The molecule has 0 aliphatic heterocycles. The Kier molecular flexibility index (Phi) is 4.02. The molecule has 1 aromatic rings. The molecule has 104 valence electrons. The van der Waals surface area contributed by atoms with Crippen molar-refractivity contribution in [2.75, 3.05) is 5.32 Å². The van der Waals surface area contributed by atoms with Crippen molar-refractivity contribution in [2.45, 2.75) is 39.2 Å². The average molecular weight is 266 g/mol. The summed E-state index contributed by atoms with van der Waals surface area (Å²) in [4.78, 5) is 10.4. The third-order valence-corrected chi connectivity index (χ3v) is 3.93. The third-order valence-electron chi connectivity index (χ3n) is 3.93. The number of halogens is 1. The number of nitrogens with one attached hydrogen (secondary N) is 1. The third kappa shape index (κ3) is 3.22. The van der Waals surface area contributed by atoms with Gasteiger partial charge in [-0.05, 0) is 43.2 Å². The zero-order valence-corrected chi connectivity index (χ0v) is 11.2. The second kappa shape index (κ2) is 5.55. The van der Waals surface area contributed by atoms with Crippen molar-refractivity contribution in [3.05, 3.63) is 34.1 Å². The van der Waals surface area contributed by atoms with Crippen molar-refractivity contribution in [1.29, 1.82) is 0 Å². The summed E-state index contributed by atoms with van der Waals surface area (Å²) < 4.78 is 13.1. The van der Waals surface area contributed by atoms with Crippen molar-refractivity contribution in [1.82, 2.24) is 0 Å². The molecule has 3 atom stereocenters. The Balaban J connectivity index is 2.17. The predicted octanol–water partition coefficient (Wildman–Crippen LogP) is 3.97. The van der Waals surface area contributed by atoms with Crippen LogP contribution in [0, 0.1) is 27.8 Å². The molecular formula is C14H19FN2O2. The van der Waals surface area contributed by atoms with Crippen LogP contribution < -0.4 is 5.32 Å². The Bertz CT molecular complexity index is 479. The molecule has 2 rings (SSSR count). The molecule has 4 nitrogen and oxygen atoms in total. The van der Waals surface area contributed by atoms with Crippen LogP contribution in [0.15, 0.2) is 18.2 Å². The van der Waals surface area contributed by atoms with E-state index < -0.39 is 10.7 Å². The number of rotatable bonds is 3. The molecule has 1 saturated carbocycles. The molecular weight excluding hydrogens is 247 g/mol. The summed E-state index contributed by atoms with van der Waals surface area (Å²) in [7, 11) is 0. The van der Waals surface area contributed by atoms with E-state index >= 15 is 0 Å². The lowest BCUT2D eigenvalue weighted by molar-refractivity contribution is -0.384. The Labute approximate surface area is 112 Å². The fraction of sp³-hybridized carbons (Fsp3) is 0.571. The van der Waals surface area contributed by atoms with Gasteiger partial charge in [-0.25, -0.2) is 4.39 Å². The molecule has 0 radical (unpaired) electrons. The van der Waals surface area contributed by atoms with Crippen LogP contribution in [0.5, 0.6) is 0 Å². The summed E-state index contributed by atoms with van der Waals surface area (Å²) in [5.74, 6) is 0.590. The van der Waals surface area contributed by atoms with E-state index in [1.54, 1.807) is 0 Å². The van der Waals surface area contributed by atoms with Crippen molar-refractivity contribution in [3.8, 4) is 0 Å². The lowest BCUT2D eigenvalue weighted by atomic mass is 9.80. The van der Waals surface area contributed by atoms with Crippen molar-refractivity contribution >= 4 is 11.4 Å². The fourth-order valence-corrected chi connectivity index (χ4v) is 2.86. The zero-order valence-electron chi connectivity index (χ0n) is 11.2. The normalized spacial score (nSPS) is 27.0. The van der Waals surface area contributed by atoms with Crippen molar-refractivity contribution in [3.63, 3.8) is 0 Å². The highest BCUT2D eigenvalue weighted by Crippen LogP contribution is 2.33. The molecule has 5 heteroatoms. The molecule has 0 amide bonds. The largest absolute Gasteiger partial charge is 0.376 e. The first-order valence-corrected chi connectivity index (χ1v) is 6.68. The molecule has 0 saturated heterocycles. The first-order chi connectivity index (χ1) is 8.97. The molecule has 1 aliphatic carbocycles. The summed E-state index contributed by atoms with van der Waals surface area (Å²) in [5, 5.41) is 14.2. The number of nitrogens with zero attached hydrogens (tertiary/aromatic N) is 1. The van der Waals surface area contributed by atoms with E-state index in [-0.39, 0.29) is 11.7 Å². The van der Waals surface area contributed by atoms with Gasteiger partial charge >= 0.3 is 0 Å². The number of anilines is 1. The maximum Gasteiger partial charge on any atom is 0.295 e. The molecule has 1 aliphatic rings. The van der Waals surface area contributed by atoms with E-state index in [4.69, 9.17) is 0 Å². The monoisotopic (exact) mass is 266 g/mol. The number of hydrogen-bond acceptors (Lipinski definition) is 3. The van der Waals surface area contributed by atoms with Gasteiger partial charge in [-0.15, -0.1) is 0 Å². The highest BCUT2D eigenvalue weighted by molar-refractivity contribution is 5.61. The van der Waals surface area contributed by atoms with Crippen LogP contribution >= 0.6 is 0 Å². The number of nitro benzene ring substituents is 1. The lowest BCUT2D eigenvalue weighted by Gasteiger charge is -2.33. The minimum atomic E-state index is -0.581. The van der Waals surface area contributed by atoms with E-state index in [2.05, 4.69) is 19.2 Å². The van der Waals surface area contributed by atoms with Gasteiger partial charge in [0.2, 0.25) is 0 Å². The Morgan fingerprint density at radius 1 is 1.37 bits per heavy atom. The van der Waals surface area contributed by atoms with E-state index in [1.807, 2.05) is 0 Å². The minimum Gasteiger partial charge on any atom is -0.376 e. The quantitative estimate of drug-likeness (QED) is 0.665. The topological polar surface area (TPSA) is 55.2 Å². The van der Waals surface area contributed by atoms with E-state index in [1.165, 1.54) is 12.1 Å². The molecule has 0 heterocycles. The van der Waals surface area contributed by atoms with E-state index in [0.717, 1.165) is 25.3 Å². The predicted molar refractivity (Wildman–Crippen MR) is 72.6 cm³/mol. The van der Waals surface area contributed by atoms with Crippen molar-refractivity contribution < 1.29 is 9.31 Å². The van der Waals surface area contributed by atoms with Gasteiger partial charge in [-0.2, -0.15) is 0 Å². The second-order valence-electron chi connectivity index (χ2n) is 5.56. The van der Waals surface area contributed by atoms with Gasteiger partial charge in [0, 0.05) is 6.04 Å². The molecule has 0 bridgehead atoms. The Morgan fingerprint density at radius 3 is 2.74 bits per heavy atom. The number of nitro groups is 1. The molecule has 1 fully saturated rings. The van der Waals surface area contributed by atoms with Crippen LogP contribution in [0.4, 0.5) is 15.8 Å².